The van der Waals surface area contributed by atoms with E-state index in [0.717, 1.165) is 15.7 Å². The molecule has 0 saturated carbocycles. The van der Waals surface area contributed by atoms with E-state index in [4.69, 9.17) is 0 Å². The van der Waals surface area contributed by atoms with E-state index in [-0.39, 0.29) is 5.91 Å². The molecule has 0 saturated heterocycles. The highest BCUT2D eigenvalue weighted by Crippen LogP contribution is 2.15. The molecule has 2 aromatic carbocycles. The molecule has 134 valence electrons. The number of carbonyl (C=O) groups is 1. The lowest BCUT2D eigenvalue weighted by Crippen LogP contribution is -2.11. The number of amides is 1. The lowest BCUT2D eigenvalue weighted by molar-refractivity contribution is 0.102. The molecule has 6 nitrogen and oxygen atoms in total. The smallest absolute Gasteiger partial charge is 0.255 e. The van der Waals surface area contributed by atoms with Crippen LogP contribution in [0, 0.1) is 0 Å². The van der Waals surface area contributed by atoms with Crippen molar-refractivity contribution >= 4 is 27.5 Å². The second-order valence-corrected chi connectivity index (χ2v) is 6.93. The number of hydrogen-bond donors (Lipinski definition) is 1. The Hall–Kier alpha value is -3.19. The van der Waals surface area contributed by atoms with Crippen LogP contribution < -0.4 is 5.32 Å². The Morgan fingerprint density at radius 1 is 0.963 bits per heavy atom. The van der Waals surface area contributed by atoms with Gasteiger partial charge in [-0.1, -0.05) is 30.3 Å². The molecular weight excluding hydrogens is 406 g/mol. The summed E-state index contributed by atoms with van der Waals surface area (Å²) in [4.78, 5) is 12.5. The SMILES string of the molecule is O=C(Nc1cnn(Cc2ccccc2)c1)c1ccc(-n2cc(Br)cn2)cc1. The summed E-state index contributed by atoms with van der Waals surface area (Å²) in [5.41, 5.74) is 3.27. The molecule has 0 radical (unpaired) electrons. The molecule has 0 aliphatic carbocycles. The third-order valence-corrected chi connectivity index (χ3v) is 4.43. The number of halogens is 1. The van der Waals surface area contributed by atoms with E-state index in [2.05, 4.69) is 31.4 Å². The second kappa shape index (κ2) is 7.59. The van der Waals surface area contributed by atoms with Gasteiger partial charge in [0.2, 0.25) is 0 Å². The molecule has 0 unspecified atom stereocenters. The highest BCUT2D eigenvalue weighted by Gasteiger charge is 2.09. The van der Waals surface area contributed by atoms with Crippen molar-refractivity contribution in [2.24, 2.45) is 0 Å². The zero-order valence-electron chi connectivity index (χ0n) is 14.3. The summed E-state index contributed by atoms with van der Waals surface area (Å²) >= 11 is 3.37. The van der Waals surface area contributed by atoms with E-state index < -0.39 is 0 Å². The minimum absolute atomic E-state index is 0.178. The summed E-state index contributed by atoms with van der Waals surface area (Å²) in [6, 6.07) is 17.3. The van der Waals surface area contributed by atoms with Gasteiger partial charge in [-0.15, -0.1) is 0 Å². The van der Waals surface area contributed by atoms with Crippen molar-refractivity contribution in [2.45, 2.75) is 6.54 Å². The minimum Gasteiger partial charge on any atom is -0.319 e. The Kier molecular flexibility index (Phi) is 4.84. The molecule has 0 atom stereocenters. The average molecular weight is 422 g/mol. The van der Waals surface area contributed by atoms with Crippen molar-refractivity contribution in [3.63, 3.8) is 0 Å². The summed E-state index contributed by atoms with van der Waals surface area (Å²) in [6.45, 7) is 0.658. The Morgan fingerprint density at radius 2 is 1.74 bits per heavy atom. The Morgan fingerprint density at radius 3 is 2.44 bits per heavy atom. The van der Waals surface area contributed by atoms with Gasteiger partial charge in [0.05, 0.1) is 34.8 Å². The van der Waals surface area contributed by atoms with Gasteiger partial charge in [-0.3, -0.25) is 9.48 Å². The molecule has 1 amide bonds. The average Bonchev–Trinajstić information content (AvgIpc) is 3.31. The van der Waals surface area contributed by atoms with E-state index in [1.807, 2.05) is 54.9 Å². The van der Waals surface area contributed by atoms with Gasteiger partial charge in [0, 0.05) is 18.0 Å². The van der Waals surface area contributed by atoms with Crippen molar-refractivity contribution in [3.8, 4) is 5.69 Å². The maximum absolute atomic E-state index is 12.5. The molecule has 0 aliphatic rings. The Balaban J connectivity index is 1.42. The van der Waals surface area contributed by atoms with Crippen LogP contribution in [0.5, 0.6) is 0 Å². The molecule has 2 aromatic heterocycles. The van der Waals surface area contributed by atoms with Gasteiger partial charge in [0.25, 0.3) is 5.91 Å². The third kappa shape index (κ3) is 4.15. The lowest BCUT2D eigenvalue weighted by Gasteiger charge is -2.05. The zero-order valence-corrected chi connectivity index (χ0v) is 15.9. The highest BCUT2D eigenvalue weighted by atomic mass is 79.9. The lowest BCUT2D eigenvalue weighted by atomic mass is 10.2. The summed E-state index contributed by atoms with van der Waals surface area (Å²) in [6.07, 6.45) is 7.04. The summed E-state index contributed by atoms with van der Waals surface area (Å²) in [5.74, 6) is -0.178. The molecule has 1 N–H and O–H groups in total. The molecule has 27 heavy (non-hydrogen) atoms. The van der Waals surface area contributed by atoms with Crippen LogP contribution in [0.2, 0.25) is 0 Å². The largest absolute Gasteiger partial charge is 0.319 e. The summed E-state index contributed by atoms with van der Waals surface area (Å²) in [7, 11) is 0. The number of nitrogens with one attached hydrogen (secondary N) is 1. The number of benzene rings is 2. The molecule has 4 aromatic rings. The van der Waals surface area contributed by atoms with Gasteiger partial charge in [-0.05, 0) is 45.8 Å². The second-order valence-electron chi connectivity index (χ2n) is 6.02. The normalized spacial score (nSPS) is 10.7. The zero-order chi connectivity index (χ0) is 18.6. The highest BCUT2D eigenvalue weighted by molar-refractivity contribution is 9.10. The van der Waals surface area contributed by atoms with E-state index >= 15 is 0 Å². The standard InChI is InChI=1S/C20H16BrN5O/c21-17-10-23-26(13-17)19-8-6-16(7-9-19)20(27)24-18-11-22-25(14-18)12-15-4-2-1-3-5-15/h1-11,13-14H,12H2,(H,24,27). The fraction of sp³-hybridized carbons (Fsp3) is 0.0500. The van der Waals surface area contributed by atoms with Gasteiger partial charge >= 0.3 is 0 Å². The molecule has 0 fully saturated rings. The van der Waals surface area contributed by atoms with Crippen molar-refractivity contribution in [3.05, 3.63) is 95.0 Å². The van der Waals surface area contributed by atoms with Crippen molar-refractivity contribution in [1.29, 1.82) is 0 Å². The monoisotopic (exact) mass is 421 g/mol. The molecule has 0 aliphatic heterocycles. The van der Waals surface area contributed by atoms with Crippen LogP contribution in [-0.4, -0.2) is 25.5 Å². The first kappa shape index (κ1) is 17.2. The third-order valence-electron chi connectivity index (χ3n) is 4.02. The predicted molar refractivity (Wildman–Crippen MR) is 107 cm³/mol. The van der Waals surface area contributed by atoms with Gasteiger partial charge in [-0.2, -0.15) is 10.2 Å². The fourth-order valence-corrected chi connectivity index (χ4v) is 2.98. The van der Waals surface area contributed by atoms with Crippen LogP contribution in [-0.2, 0) is 6.54 Å². The molecule has 4 rings (SSSR count). The quantitative estimate of drug-likeness (QED) is 0.526. The molecule has 0 bridgehead atoms. The van der Waals surface area contributed by atoms with Crippen LogP contribution in [0.25, 0.3) is 5.69 Å². The topological polar surface area (TPSA) is 64.7 Å². The van der Waals surface area contributed by atoms with Gasteiger partial charge in [0.1, 0.15) is 0 Å². The first-order valence-electron chi connectivity index (χ1n) is 8.36. The van der Waals surface area contributed by atoms with E-state index in [1.165, 1.54) is 0 Å². The van der Waals surface area contributed by atoms with Crippen molar-refractivity contribution in [1.82, 2.24) is 19.6 Å². The molecule has 0 spiro atoms. The van der Waals surface area contributed by atoms with Gasteiger partial charge in [0.15, 0.2) is 0 Å². The molecular formula is C20H16BrN5O. The fourth-order valence-electron chi connectivity index (χ4n) is 2.70. The Labute approximate surface area is 164 Å². The number of rotatable bonds is 5. The van der Waals surface area contributed by atoms with Crippen LogP contribution in [0.3, 0.4) is 0 Å². The van der Waals surface area contributed by atoms with Crippen molar-refractivity contribution in [2.75, 3.05) is 5.32 Å². The van der Waals surface area contributed by atoms with Gasteiger partial charge < -0.3 is 5.32 Å². The summed E-state index contributed by atoms with van der Waals surface area (Å²) < 4.78 is 4.43. The van der Waals surface area contributed by atoms with Crippen LogP contribution in [0.15, 0.2) is 83.9 Å². The molecule has 7 heteroatoms. The predicted octanol–water partition coefficient (Wildman–Crippen LogP) is 4.13. The first-order valence-corrected chi connectivity index (χ1v) is 9.15. The number of anilines is 1. The summed E-state index contributed by atoms with van der Waals surface area (Å²) in [5, 5.41) is 11.4. The maximum atomic E-state index is 12.5. The minimum atomic E-state index is -0.178. The number of carbonyl (C=O) groups excluding carboxylic acids is 1. The number of nitrogens with zero attached hydrogens (tertiary/aromatic N) is 4. The number of hydrogen-bond acceptors (Lipinski definition) is 3. The first-order chi connectivity index (χ1) is 13.2. The van der Waals surface area contributed by atoms with Crippen molar-refractivity contribution < 1.29 is 4.79 Å². The molecule has 2 heterocycles. The van der Waals surface area contributed by atoms with Crippen LogP contribution >= 0.6 is 15.9 Å². The van der Waals surface area contributed by atoms with E-state index in [9.17, 15) is 4.79 Å². The maximum Gasteiger partial charge on any atom is 0.255 e. The van der Waals surface area contributed by atoms with Crippen LogP contribution in [0.4, 0.5) is 5.69 Å². The van der Waals surface area contributed by atoms with Gasteiger partial charge in [-0.25, -0.2) is 4.68 Å². The Bertz CT molecular complexity index is 1050. The number of aromatic nitrogens is 4. The van der Waals surface area contributed by atoms with Crippen LogP contribution in [0.1, 0.15) is 15.9 Å². The van der Waals surface area contributed by atoms with E-state index in [0.29, 0.717) is 17.8 Å². The van der Waals surface area contributed by atoms with E-state index in [1.54, 1.807) is 33.9 Å².